The number of rotatable bonds is 1. The van der Waals surface area contributed by atoms with Gasteiger partial charge in [0.1, 0.15) is 0 Å². The number of nitrogens with zero attached hydrogens (tertiary/aromatic N) is 2. The van der Waals surface area contributed by atoms with Crippen LogP contribution in [-0.4, -0.2) is 4.98 Å². The Balaban J connectivity index is 2.84. The fourth-order valence-electron chi connectivity index (χ4n) is 1.42. The second kappa shape index (κ2) is 3.31. The van der Waals surface area contributed by atoms with E-state index in [1.165, 1.54) is 0 Å². The van der Waals surface area contributed by atoms with E-state index in [1.54, 1.807) is 18.3 Å². The summed E-state index contributed by atoms with van der Waals surface area (Å²) >= 11 is 0. The van der Waals surface area contributed by atoms with E-state index in [0.29, 0.717) is 5.56 Å². The van der Waals surface area contributed by atoms with Crippen LogP contribution in [-0.2, 0) is 0 Å². The maximum Gasteiger partial charge on any atom is 0.0991 e. The van der Waals surface area contributed by atoms with Gasteiger partial charge in [0.15, 0.2) is 0 Å². The highest BCUT2D eigenvalue weighted by atomic mass is 14.6. The zero-order valence-corrected chi connectivity index (χ0v) is 7.57. The average molecular weight is 180 g/mol. The summed E-state index contributed by atoms with van der Waals surface area (Å²) in [6.45, 7) is 3.73. The minimum atomic E-state index is 0.647. The van der Waals surface area contributed by atoms with Crippen molar-refractivity contribution in [2.45, 2.75) is 0 Å². The summed E-state index contributed by atoms with van der Waals surface area (Å²) in [4.78, 5) is 4.21. The maximum absolute atomic E-state index is 8.76. The highest BCUT2D eigenvalue weighted by molar-refractivity contribution is 5.88. The Morgan fingerprint density at radius 1 is 1.36 bits per heavy atom. The Morgan fingerprint density at radius 2 is 2.21 bits per heavy atom. The molecular weight excluding hydrogens is 172 g/mol. The third-order valence-corrected chi connectivity index (χ3v) is 2.12. The molecule has 0 atom stereocenters. The fourth-order valence-corrected chi connectivity index (χ4v) is 1.42. The SMILES string of the molecule is C=Cc1ccnc2ccc(C#N)cc12. The molecule has 0 aliphatic heterocycles. The molecule has 0 amide bonds. The van der Waals surface area contributed by atoms with Crippen molar-refractivity contribution in [3.63, 3.8) is 0 Å². The molecule has 0 fully saturated rings. The Kier molecular flexibility index (Phi) is 2.00. The van der Waals surface area contributed by atoms with Crippen LogP contribution in [0.1, 0.15) is 11.1 Å². The van der Waals surface area contributed by atoms with E-state index in [2.05, 4.69) is 17.6 Å². The highest BCUT2D eigenvalue weighted by Crippen LogP contribution is 2.18. The fraction of sp³-hybridized carbons (Fsp3) is 0. The summed E-state index contributed by atoms with van der Waals surface area (Å²) in [5.41, 5.74) is 2.54. The Morgan fingerprint density at radius 3 is 2.93 bits per heavy atom. The second-order valence-corrected chi connectivity index (χ2v) is 2.95. The van der Waals surface area contributed by atoms with Crippen LogP contribution in [0.25, 0.3) is 17.0 Å². The molecule has 0 aliphatic carbocycles. The summed E-state index contributed by atoms with van der Waals surface area (Å²) in [7, 11) is 0. The average Bonchev–Trinajstić information content (AvgIpc) is 2.27. The van der Waals surface area contributed by atoms with Gasteiger partial charge >= 0.3 is 0 Å². The molecule has 1 aromatic carbocycles. The Labute approximate surface area is 82.1 Å². The molecule has 0 saturated heterocycles. The summed E-state index contributed by atoms with van der Waals surface area (Å²) < 4.78 is 0. The number of hydrogen-bond donors (Lipinski definition) is 0. The van der Waals surface area contributed by atoms with Gasteiger partial charge in [-0.2, -0.15) is 5.26 Å². The molecule has 0 aliphatic rings. The van der Waals surface area contributed by atoms with Gasteiger partial charge in [0.2, 0.25) is 0 Å². The van der Waals surface area contributed by atoms with Gasteiger partial charge in [-0.3, -0.25) is 4.98 Å². The van der Waals surface area contributed by atoms with Crippen LogP contribution in [0.5, 0.6) is 0 Å². The lowest BCUT2D eigenvalue weighted by Crippen LogP contribution is -1.83. The highest BCUT2D eigenvalue weighted by Gasteiger charge is 1.99. The van der Waals surface area contributed by atoms with Gasteiger partial charge < -0.3 is 0 Å². The summed E-state index contributed by atoms with van der Waals surface area (Å²) in [5.74, 6) is 0. The quantitative estimate of drug-likeness (QED) is 0.676. The van der Waals surface area contributed by atoms with Crippen molar-refractivity contribution < 1.29 is 0 Å². The van der Waals surface area contributed by atoms with Crippen molar-refractivity contribution in [2.24, 2.45) is 0 Å². The van der Waals surface area contributed by atoms with Crippen LogP contribution in [0.15, 0.2) is 37.0 Å². The maximum atomic E-state index is 8.76. The molecule has 2 heteroatoms. The van der Waals surface area contributed by atoms with Gasteiger partial charge in [-0.1, -0.05) is 12.7 Å². The summed E-state index contributed by atoms with van der Waals surface area (Å²) in [5, 5.41) is 9.74. The molecule has 0 bridgehead atoms. The van der Waals surface area contributed by atoms with Gasteiger partial charge in [-0.25, -0.2) is 0 Å². The smallest absolute Gasteiger partial charge is 0.0991 e. The van der Waals surface area contributed by atoms with Crippen molar-refractivity contribution in [3.05, 3.63) is 48.2 Å². The molecule has 2 nitrogen and oxygen atoms in total. The third kappa shape index (κ3) is 1.25. The molecule has 2 rings (SSSR count). The molecule has 0 N–H and O–H groups in total. The molecule has 1 aromatic heterocycles. The zero-order valence-electron chi connectivity index (χ0n) is 7.57. The van der Waals surface area contributed by atoms with E-state index in [1.807, 2.05) is 18.2 Å². The Bertz CT molecular complexity index is 536. The lowest BCUT2D eigenvalue weighted by molar-refractivity contribution is 1.40. The number of fused-ring (bicyclic) bond motifs is 1. The lowest BCUT2D eigenvalue weighted by atomic mass is 10.1. The standard InChI is InChI=1S/C12H8N2/c1-2-10-5-6-14-12-4-3-9(8-13)7-11(10)12/h2-7H,1H2. The summed E-state index contributed by atoms with van der Waals surface area (Å²) in [6.07, 6.45) is 3.51. The second-order valence-electron chi connectivity index (χ2n) is 2.95. The zero-order chi connectivity index (χ0) is 9.97. The van der Waals surface area contributed by atoms with Crippen molar-refractivity contribution in [2.75, 3.05) is 0 Å². The van der Waals surface area contributed by atoms with Crippen molar-refractivity contribution >= 4 is 17.0 Å². The molecule has 0 saturated carbocycles. The third-order valence-electron chi connectivity index (χ3n) is 2.12. The monoisotopic (exact) mass is 180 g/mol. The number of nitriles is 1. The van der Waals surface area contributed by atoms with Crippen LogP contribution < -0.4 is 0 Å². The minimum Gasteiger partial charge on any atom is -0.256 e. The van der Waals surface area contributed by atoms with E-state index in [9.17, 15) is 0 Å². The van der Waals surface area contributed by atoms with E-state index >= 15 is 0 Å². The molecule has 0 spiro atoms. The topological polar surface area (TPSA) is 36.7 Å². The molecule has 0 radical (unpaired) electrons. The molecule has 2 aromatic rings. The van der Waals surface area contributed by atoms with Gasteiger partial charge in [-0.05, 0) is 29.8 Å². The van der Waals surface area contributed by atoms with Crippen LogP contribution in [0.3, 0.4) is 0 Å². The first-order chi connectivity index (χ1) is 6.85. The largest absolute Gasteiger partial charge is 0.256 e. The first-order valence-corrected chi connectivity index (χ1v) is 4.26. The molecular formula is C12H8N2. The van der Waals surface area contributed by atoms with Crippen molar-refractivity contribution in [3.8, 4) is 6.07 Å². The van der Waals surface area contributed by atoms with Gasteiger partial charge in [0, 0.05) is 11.6 Å². The van der Waals surface area contributed by atoms with Crippen LogP contribution in [0.4, 0.5) is 0 Å². The van der Waals surface area contributed by atoms with Crippen molar-refractivity contribution in [1.29, 1.82) is 5.26 Å². The Hall–Kier alpha value is -2.14. The van der Waals surface area contributed by atoms with Gasteiger partial charge in [-0.15, -0.1) is 0 Å². The van der Waals surface area contributed by atoms with Gasteiger partial charge in [0.25, 0.3) is 0 Å². The van der Waals surface area contributed by atoms with E-state index in [4.69, 9.17) is 5.26 Å². The lowest BCUT2D eigenvalue weighted by Gasteiger charge is -2.00. The number of pyridine rings is 1. The number of aromatic nitrogens is 1. The van der Waals surface area contributed by atoms with Crippen molar-refractivity contribution in [1.82, 2.24) is 4.98 Å². The normalized spacial score (nSPS) is 9.64. The predicted octanol–water partition coefficient (Wildman–Crippen LogP) is 2.75. The molecule has 1 heterocycles. The number of hydrogen-bond acceptors (Lipinski definition) is 2. The first-order valence-electron chi connectivity index (χ1n) is 4.26. The van der Waals surface area contributed by atoms with E-state index in [-0.39, 0.29) is 0 Å². The molecule has 14 heavy (non-hydrogen) atoms. The first kappa shape index (κ1) is 8.46. The van der Waals surface area contributed by atoms with Gasteiger partial charge in [0.05, 0.1) is 17.1 Å². The summed E-state index contributed by atoms with van der Waals surface area (Å²) in [6, 6.07) is 9.44. The van der Waals surface area contributed by atoms with E-state index in [0.717, 1.165) is 16.5 Å². The number of benzene rings is 1. The van der Waals surface area contributed by atoms with Crippen LogP contribution >= 0.6 is 0 Å². The molecule has 66 valence electrons. The van der Waals surface area contributed by atoms with E-state index < -0.39 is 0 Å². The predicted molar refractivity (Wildman–Crippen MR) is 56.5 cm³/mol. The van der Waals surface area contributed by atoms with Crippen LogP contribution in [0.2, 0.25) is 0 Å². The minimum absolute atomic E-state index is 0.647. The molecule has 0 unspecified atom stereocenters. The van der Waals surface area contributed by atoms with Crippen LogP contribution in [0, 0.1) is 11.3 Å².